The highest BCUT2D eigenvalue weighted by Crippen LogP contribution is 2.08. The Morgan fingerprint density at radius 1 is 1.50 bits per heavy atom. The number of carbonyl (C=O) groups is 1. The molecule has 0 saturated carbocycles. The summed E-state index contributed by atoms with van der Waals surface area (Å²) in [7, 11) is 0. The molecular weight excluding hydrogens is 209 g/mol. The summed E-state index contributed by atoms with van der Waals surface area (Å²) < 4.78 is 12.6. The van der Waals surface area contributed by atoms with Gasteiger partial charge in [0.1, 0.15) is 11.6 Å². The molecule has 0 aliphatic carbocycles. The Hall–Kier alpha value is -1.49. The predicted octanol–water partition coefficient (Wildman–Crippen LogP) is 1.55. The fraction of sp³-hybridized carbons (Fsp3) is 0.455. The summed E-state index contributed by atoms with van der Waals surface area (Å²) in [4.78, 5) is 15.6. The normalized spacial score (nSPS) is 11.2. The number of hydrogen-bond acceptors (Lipinski definition) is 3. The Morgan fingerprint density at radius 3 is 2.69 bits per heavy atom. The van der Waals surface area contributed by atoms with Crippen molar-refractivity contribution in [3.63, 3.8) is 0 Å². The third-order valence-corrected chi connectivity index (χ3v) is 2.16. The van der Waals surface area contributed by atoms with Crippen LogP contribution in [0.4, 0.5) is 10.2 Å². The van der Waals surface area contributed by atoms with Gasteiger partial charge in [0.05, 0.1) is 11.7 Å². The van der Waals surface area contributed by atoms with Crippen molar-refractivity contribution in [1.29, 1.82) is 0 Å². The van der Waals surface area contributed by atoms with Crippen molar-refractivity contribution in [3.8, 4) is 0 Å². The number of nitrogens with zero attached hydrogens (tertiary/aromatic N) is 1. The second-order valence-electron chi connectivity index (χ2n) is 3.97. The van der Waals surface area contributed by atoms with Gasteiger partial charge in [0.25, 0.3) is 0 Å². The van der Waals surface area contributed by atoms with Gasteiger partial charge in [-0.05, 0) is 32.5 Å². The highest BCUT2D eigenvalue weighted by molar-refractivity contribution is 5.96. The summed E-state index contributed by atoms with van der Waals surface area (Å²) in [6.45, 7) is 6.16. The minimum atomic E-state index is -0.676. The fourth-order valence-electron chi connectivity index (χ4n) is 1.24. The number of pyridine rings is 1. The first kappa shape index (κ1) is 12.6. The maximum absolute atomic E-state index is 12.6. The van der Waals surface area contributed by atoms with E-state index in [4.69, 9.17) is 0 Å². The summed E-state index contributed by atoms with van der Waals surface area (Å²) in [5, 5.41) is 5.65. The number of rotatable bonds is 4. The van der Waals surface area contributed by atoms with Gasteiger partial charge >= 0.3 is 0 Å². The van der Waals surface area contributed by atoms with Gasteiger partial charge in [-0.3, -0.25) is 4.79 Å². The standard InChI is InChI=1S/C11H16FN3O/c1-4-14-11(2,3)10(16)15-9-6-5-8(12)7-13-9/h5-7,14H,4H2,1-3H3,(H,13,15,16). The average Bonchev–Trinajstić information content (AvgIpc) is 2.21. The first-order chi connectivity index (χ1) is 7.45. The van der Waals surface area contributed by atoms with Crippen LogP contribution in [0.15, 0.2) is 18.3 Å². The Bertz CT molecular complexity index is 362. The number of aromatic nitrogens is 1. The number of nitrogens with one attached hydrogen (secondary N) is 2. The molecule has 0 fully saturated rings. The molecule has 1 rings (SSSR count). The van der Waals surface area contributed by atoms with Crippen molar-refractivity contribution in [2.45, 2.75) is 26.3 Å². The molecule has 0 aliphatic rings. The molecule has 0 aromatic carbocycles. The number of carbonyl (C=O) groups excluding carboxylic acids is 1. The molecule has 1 aromatic heterocycles. The van der Waals surface area contributed by atoms with Crippen LogP contribution in [0.25, 0.3) is 0 Å². The van der Waals surface area contributed by atoms with Crippen molar-refractivity contribution in [1.82, 2.24) is 10.3 Å². The molecule has 0 unspecified atom stereocenters. The molecule has 2 N–H and O–H groups in total. The third-order valence-electron chi connectivity index (χ3n) is 2.16. The molecule has 0 bridgehead atoms. The second-order valence-corrected chi connectivity index (χ2v) is 3.97. The summed E-state index contributed by atoms with van der Waals surface area (Å²) in [5.74, 6) is -0.283. The molecule has 16 heavy (non-hydrogen) atoms. The summed E-state index contributed by atoms with van der Waals surface area (Å²) >= 11 is 0. The molecule has 0 radical (unpaired) electrons. The van der Waals surface area contributed by atoms with Crippen LogP contribution in [0.1, 0.15) is 20.8 Å². The van der Waals surface area contributed by atoms with E-state index in [9.17, 15) is 9.18 Å². The van der Waals surface area contributed by atoms with Crippen LogP contribution in [0.5, 0.6) is 0 Å². The zero-order valence-electron chi connectivity index (χ0n) is 9.67. The minimum absolute atomic E-state index is 0.201. The third kappa shape index (κ3) is 3.27. The van der Waals surface area contributed by atoms with Gasteiger partial charge in [0, 0.05) is 0 Å². The van der Waals surface area contributed by atoms with Crippen molar-refractivity contribution < 1.29 is 9.18 Å². The van der Waals surface area contributed by atoms with Crippen LogP contribution >= 0.6 is 0 Å². The number of amides is 1. The number of hydrogen-bond donors (Lipinski definition) is 2. The van der Waals surface area contributed by atoms with Gasteiger partial charge in [-0.25, -0.2) is 9.37 Å². The molecule has 1 heterocycles. The van der Waals surface area contributed by atoms with Crippen LogP contribution in [0.3, 0.4) is 0 Å². The lowest BCUT2D eigenvalue weighted by atomic mass is 10.0. The zero-order valence-corrected chi connectivity index (χ0v) is 9.67. The molecule has 5 heteroatoms. The van der Waals surface area contributed by atoms with Gasteiger partial charge in [0.2, 0.25) is 5.91 Å². The van der Waals surface area contributed by atoms with E-state index < -0.39 is 11.4 Å². The minimum Gasteiger partial charge on any atom is -0.309 e. The van der Waals surface area contributed by atoms with Crippen LogP contribution in [-0.4, -0.2) is 23.0 Å². The zero-order chi connectivity index (χ0) is 12.2. The Balaban J connectivity index is 2.67. The monoisotopic (exact) mass is 225 g/mol. The first-order valence-corrected chi connectivity index (χ1v) is 5.13. The van der Waals surface area contributed by atoms with Crippen LogP contribution in [0.2, 0.25) is 0 Å². The number of likely N-dealkylation sites (N-methyl/N-ethyl adjacent to an activating group) is 1. The van der Waals surface area contributed by atoms with Crippen molar-refractivity contribution in [2.24, 2.45) is 0 Å². The van der Waals surface area contributed by atoms with Gasteiger partial charge in [0.15, 0.2) is 0 Å². The molecular formula is C11H16FN3O. The van der Waals surface area contributed by atoms with E-state index in [2.05, 4.69) is 15.6 Å². The van der Waals surface area contributed by atoms with E-state index in [1.807, 2.05) is 6.92 Å². The maximum atomic E-state index is 12.6. The van der Waals surface area contributed by atoms with Crippen LogP contribution in [-0.2, 0) is 4.79 Å². The lowest BCUT2D eigenvalue weighted by molar-refractivity contribution is -0.121. The van der Waals surface area contributed by atoms with Crippen LogP contribution < -0.4 is 10.6 Å². The Morgan fingerprint density at radius 2 is 2.19 bits per heavy atom. The van der Waals surface area contributed by atoms with Crippen molar-refractivity contribution in [3.05, 3.63) is 24.1 Å². The Labute approximate surface area is 94.3 Å². The topological polar surface area (TPSA) is 54.0 Å². The molecule has 4 nitrogen and oxygen atoms in total. The highest BCUT2D eigenvalue weighted by atomic mass is 19.1. The maximum Gasteiger partial charge on any atom is 0.245 e. The van der Waals surface area contributed by atoms with E-state index in [1.54, 1.807) is 13.8 Å². The fourth-order valence-corrected chi connectivity index (χ4v) is 1.24. The lowest BCUT2D eigenvalue weighted by Gasteiger charge is -2.24. The van der Waals surface area contributed by atoms with E-state index in [0.29, 0.717) is 12.4 Å². The second kappa shape index (κ2) is 5.03. The van der Waals surface area contributed by atoms with Crippen molar-refractivity contribution >= 4 is 11.7 Å². The first-order valence-electron chi connectivity index (χ1n) is 5.13. The van der Waals surface area contributed by atoms with Gasteiger partial charge in [-0.1, -0.05) is 6.92 Å². The number of anilines is 1. The van der Waals surface area contributed by atoms with E-state index in [-0.39, 0.29) is 5.91 Å². The molecule has 88 valence electrons. The van der Waals surface area contributed by atoms with Gasteiger partial charge < -0.3 is 10.6 Å². The van der Waals surface area contributed by atoms with Crippen LogP contribution in [0, 0.1) is 5.82 Å². The highest BCUT2D eigenvalue weighted by Gasteiger charge is 2.26. The Kier molecular flexibility index (Phi) is 3.95. The number of halogens is 1. The van der Waals surface area contributed by atoms with Gasteiger partial charge in [-0.2, -0.15) is 0 Å². The summed E-state index contributed by atoms with van der Waals surface area (Å²) in [6, 6.07) is 2.68. The quantitative estimate of drug-likeness (QED) is 0.817. The average molecular weight is 225 g/mol. The smallest absolute Gasteiger partial charge is 0.245 e. The predicted molar refractivity (Wildman–Crippen MR) is 60.6 cm³/mol. The van der Waals surface area contributed by atoms with Crippen molar-refractivity contribution in [2.75, 3.05) is 11.9 Å². The van der Waals surface area contributed by atoms with E-state index in [1.165, 1.54) is 12.1 Å². The molecule has 1 amide bonds. The summed E-state index contributed by atoms with van der Waals surface area (Å²) in [5.41, 5.74) is -0.676. The molecule has 1 aromatic rings. The van der Waals surface area contributed by atoms with E-state index in [0.717, 1.165) is 6.20 Å². The largest absolute Gasteiger partial charge is 0.309 e. The van der Waals surface area contributed by atoms with Gasteiger partial charge in [-0.15, -0.1) is 0 Å². The SMILES string of the molecule is CCNC(C)(C)C(=O)Nc1ccc(F)cn1. The molecule has 0 spiro atoms. The lowest BCUT2D eigenvalue weighted by Crippen LogP contribution is -2.49. The molecule has 0 aliphatic heterocycles. The molecule has 0 saturated heterocycles. The summed E-state index contributed by atoms with van der Waals surface area (Å²) in [6.07, 6.45) is 1.07. The van der Waals surface area contributed by atoms with E-state index >= 15 is 0 Å². The molecule has 0 atom stereocenters.